The molecule has 1 heterocycles. The zero-order chi connectivity index (χ0) is 12.8. The number of anilines is 1. The summed E-state index contributed by atoms with van der Waals surface area (Å²) in [4.78, 5) is 21.9. The molecule has 1 atom stereocenters. The maximum absolute atomic E-state index is 12.0. The summed E-state index contributed by atoms with van der Waals surface area (Å²) in [5.41, 5.74) is 5.69. The molecule has 1 amide bonds. The fourth-order valence-electron chi connectivity index (χ4n) is 1.44. The van der Waals surface area contributed by atoms with Gasteiger partial charge in [0.1, 0.15) is 5.03 Å². The van der Waals surface area contributed by atoms with Crippen molar-refractivity contribution in [3.05, 3.63) is 12.4 Å². The maximum Gasteiger partial charge on any atom is 0.235 e. The van der Waals surface area contributed by atoms with E-state index in [0.717, 1.165) is 13.1 Å². The third kappa shape index (κ3) is 3.59. The number of carbonyl (C=O) groups excluding carboxylic acids is 1. The van der Waals surface area contributed by atoms with E-state index in [1.165, 1.54) is 18.0 Å². The van der Waals surface area contributed by atoms with Crippen LogP contribution < -0.4 is 5.73 Å². The van der Waals surface area contributed by atoms with Gasteiger partial charge in [-0.2, -0.15) is 0 Å². The lowest BCUT2D eigenvalue weighted by Gasteiger charge is -2.22. The Kier molecular flexibility index (Phi) is 5.21. The summed E-state index contributed by atoms with van der Waals surface area (Å²) in [5.74, 6) is 0.474. The molecule has 6 heteroatoms. The molecule has 0 aliphatic heterocycles. The van der Waals surface area contributed by atoms with Gasteiger partial charge in [-0.25, -0.2) is 9.97 Å². The van der Waals surface area contributed by atoms with E-state index < -0.39 is 0 Å². The number of nitrogens with two attached hydrogens (primary N) is 1. The Labute approximate surface area is 106 Å². The molecule has 0 aromatic carbocycles. The van der Waals surface area contributed by atoms with E-state index in [9.17, 15) is 4.79 Å². The topological polar surface area (TPSA) is 72.1 Å². The summed E-state index contributed by atoms with van der Waals surface area (Å²) in [5, 5.41) is 0.411. The van der Waals surface area contributed by atoms with E-state index >= 15 is 0 Å². The number of amides is 1. The SMILES string of the molecule is CCN(CC)C(=O)C(C)Sc1nccnc1N. The van der Waals surface area contributed by atoms with E-state index in [-0.39, 0.29) is 11.2 Å². The standard InChI is InChI=1S/C11H18N4OS/c1-4-15(5-2)11(16)8(3)17-10-9(12)13-6-7-14-10/h6-8H,4-5H2,1-3H3,(H2,12,13). The molecule has 0 aliphatic rings. The minimum atomic E-state index is -0.200. The van der Waals surface area contributed by atoms with Gasteiger partial charge in [0.05, 0.1) is 5.25 Å². The van der Waals surface area contributed by atoms with Gasteiger partial charge < -0.3 is 10.6 Å². The van der Waals surface area contributed by atoms with Gasteiger partial charge in [-0.15, -0.1) is 0 Å². The number of hydrogen-bond acceptors (Lipinski definition) is 5. The lowest BCUT2D eigenvalue weighted by Crippen LogP contribution is -2.36. The smallest absolute Gasteiger partial charge is 0.235 e. The first-order chi connectivity index (χ1) is 8.10. The zero-order valence-electron chi connectivity index (χ0n) is 10.4. The van der Waals surface area contributed by atoms with Crippen LogP contribution in [0.3, 0.4) is 0 Å². The molecule has 2 N–H and O–H groups in total. The lowest BCUT2D eigenvalue weighted by atomic mass is 10.4. The van der Waals surface area contributed by atoms with Crippen LogP contribution in [0.1, 0.15) is 20.8 Å². The molecule has 1 unspecified atom stereocenters. The van der Waals surface area contributed by atoms with Gasteiger partial charge in [0.15, 0.2) is 5.82 Å². The van der Waals surface area contributed by atoms with Gasteiger partial charge in [0.2, 0.25) is 5.91 Å². The van der Waals surface area contributed by atoms with Crippen LogP contribution in [0, 0.1) is 0 Å². The molecule has 0 bridgehead atoms. The van der Waals surface area contributed by atoms with Gasteiger partial charge in [-0.3, -0.25) is 4.79 Å². The summed E-state index contributed by atoms with van der Waals surface area (Å²) in [7, 11) is 0. The molecule has 0 saturated carbocycles. The summed E-state index contributed by atoms with van der Waals surface area (Å²) in [6.07, 6.45) is 3.11. The van der Waals surface area contributed by atoms with Gasteiger partial charge in [-0.1, -0.05) is 11.8 Å². The predicted octanol–water partition coefficient (Wildman–Crippen LogP) is 1.41. The van der Waals surface area contributed by atoms with Crippen LogP contribution in [0.25, 0.3) is 0 Å². The van der Waals surface area contributed by atoms with Crippen molar-refractivity contribution in [2.45, 2.75) is 31.0 Å². The highest BCUT2D eigenvalue weighted by Gasteiger charge is 2.20. The largest absolute Gasteiger partial charge is 0.381 e. The quantitative estimate of drug-likeness (QED) is 0.804. The first kappa shape index (κ1) is 13.8. The molecule has 94 valence electrons. The van der Waals surface area contributed by atoms with Gasteiger partial charge in [0, 0.05) is 25.5 Å². The second-order valence-electron chi connectivity index (χ2n) is 3.52. The van der Waals surface area contributed by atoms with Gasteiger partial charge >= 0.3 is 0 Å². The highest BCUT2D eigenvalue weighted by Crippen LogP contribution is 2.25. The Bertz CT molecular complexity index is 381. The average molecular weight is 254 g/mol. The zero-order valence-corrected chi connectivity index (χ0v) is 11.2. The number of thioether (sulfide) groups is 1. The molecule has 0 spiro atoms. The van der Waals surface area contributed by atoms with Crippen molar-refractivity contribution in [1.29, 1.82) is 0 Å². The van der Waals surface area contributed by atoms with Crippen LogP contribution in [0.4, 0.5) is 5.82 Å². The van der Waals surface area contributed by atoms with Crippen LogP contribution in [0.15, 0.2) is 17.4 Å². The van der Waals surface area contributed by atoms with Crippen molar-refractivity contribution in [2.75, 3.05) is 18.8 Å². The highest BCUT2D eigenvalue weighted by atomic mass is 32.2. The fourth-order valence-corrected chi connectivity index (χ4v) is 2.32. The first-order valence-corrected chi connectivity index (χ1v) is 6.50. The molecule has 1 aromatic heterocycles. The van der Waals surface area contributed by atoms with Crippen LogP contribution >= 0.6 is 11.8 Å². The first-order valence-electron chi connectivity index (χ1n) is 5.62. The van der Waals surface area contributed by atoms with E-state index in [0.29, 0.717) is 10.8 Å². The maximum atomic E-state index is 12.0. The number of carbonyl (C=O) groups is 1. The third-order valence-corrected chi connectivity index (χ3v) is 3.50. The molecule has 0 aliphatic carbocycles. The number of nitrogen functional groups attached to an aromatic ring is 1. The second-order valence-corrected chi connectivity index (χ2v) is 4.85. The highest BCUT2D eigenvalue weighted by molar-refractivity contribution is 8.00. The Morgan fingerprint density at radius 2 is 2.00 bits per heavy atom. The van der Waals surface area contributed by atoms with E-state index in [2.05, 4.69) is 9.97 Å². The van der Waals surface area contributed by atoms with E-state index in [4.69, 9.17) is 5.73 Å². The average Bonchev–Trinajstić information content (AvgIpc) is 2.33. The summed E-state index contributed by atoms with van der Waals surface area (Å²) >= 11 is 1.35. The second kappa shape index (κ2) is 6.44. The monoisotopic (exact) mass is 254 g/mol. The van der Waals surface area contributed by atoms with Crippen molar-refractivity contribution in [3.8, 4) is 0 Å². The number of aromatic nitrogens is 2. The van der Waals surface area contributed by atoms with Gasteiger partial charge in [0.25, 0.3) is 0 Å². The molecule has 0 radical (unpaired) electrons. The lowest BCUT2D eigenvalue weighted by molar-refractivity contribution is -0.129. The summed E-state index contributed by atoms with van der Waals surface area (Å²) < 4.78 is 0. The Hall–Kier alpha value is -1.30. The Morgan fingerprint density at radius 3 is 2.53 bits per heavy atom. The Balaban J connectivity index is 2.69. The summed E-state index contributed by atoms with van der Waals surface area (Å²) in [6.45, 7) is 7.23. The predicted molar refractivity (Wildman–Crippen MR) is 69.7 cm³/mol. The van der Waals surface area contributed by atoms with Crippen molar-refractivity contribution < 1.29 is 4.79 Å². The van der Waals surface area contributed by atoms with Crippen molar-refractivity contribution >= 4 is 23.5 Å². The van der Waals surface area contributed by atoms with Crippen molar-refractivity contribution in [1.82, 2.24) is 14.9 Å². The molecule has 1 rings (SSSR count). The van der Waals surface area contributed by atoms with E-state index in [1.807, 2.05) is 20.8 Å². The summed E-state index contributed by atoms with van der Waals surface area (Å²) in [6, 6.07) is 0. The normalized spacial score (nSPS) is 12.2. The van der Waals surface area contributed by atoms with Crippen LogP contribution in [0.5, 0.6) is 0 Å². The Morgan fingerprint density at radius 1 is 1.41 bits per heavy atom. The minimum Gasteiger partial charge on any atom is -0.381 e. The minimum absolute atomic E-state index is 0.102. The number of hydrogen-bond donors (Lipinski definition) is 1. The van der Waals surface area contributed by atoms with Gasteiger partial charge in [-0.05, 0) is 20.8 Å². The fraction of sp³-hybridized carbons (Fsp3) is 0.545. The molecular weight excluding hydrogens is 236 g/mol. The van der Waals surface area contributed by atoms with Crippen LogP contribution in [-0.4, -0.2) is 39.1 Å². The number of rotatable bonds is 5. The molecular formula is C11H18N4OS. The van der Waals surface area contributed by atoms with E-state index in [1.54, 1.807) is 11.1 Å². The molecule has 17 heavy (non-hydrogen) atoms. The molecule has 5 nitrogen and oxygen atoms in total. The third-order valence-electron chi connectivity index (χ3n) is 2.40. The molecule has 0 saturated heterocycles. The van der Waals surface area contributed by atoms with Crippen LogP contribution in [-0.2, 0) is 4.79 Å². The van der Waals surface area contributed by atoms with Crippen LogP contribution in [0.2, 0.25) is 0 Å². The molecule has 1 aromatic rings. The number of nitrogens with zero attached hydrogens (tertiary/aromatic N) is 3. The molecule has 0 fully saturated rings. The van der Waals surface area contributed by atoms with Crippen molar-refractivity contribution in [2.24, 2.45) is 0 Å². The van der Waals surface area contributed by atoms with Crippen molar-refractivity contribution in [3.63, 3.8) is 0 Å².